The standard InChI is InChI=1S/C14H20N2O4/c1-9(2)20-11-7-6-10(8-15-11)12(17)16(5)14(3,4)13(18)19/h6-9H,1-5H3,(H,18,19). The van der Waals surface area contributed by atoms with Crippen molar-refractivity contribution in [3.63, 3.8) is 0 Å². The number of hydrogen-bond acceptors (Lipinski definition) is 4. The van der Waals surface area contributed by atoms with E-state index in [4.69, 9.17) is 9.84 Å². The van der Waals surface area contributed by atoms with E-state index >= 15 is 0 Å². The average molecular weight is 280 g/mol. The van der Waals surface area contributed by atoms with Gasteiger partial charge in [0.05, 0.1) is 11.7 Å². The number of carbonyl (C=O) groups is 2. The number of carbonyl (C=O) groups excluding carboxylic acids is 1. The zero-order chi connectivity index (χ0) is 15.5. The lowest BCUT2D eigenvalue weighted by Crippen LogP contribution is -2.50. The maximum atomic E-state index is 12.2. The van der Waals surface area contributed by atoms with Crippen molar-refractivity contribution in [2.24, 2.45) is 0 Å². The predicted octanol–water partition coefficient (Wildman–Crippen LogP) is 1.80. The third-order valence-electron chi connectivity index (χ3n) is 3.01. The van der Waals surface area contributed by atoms with E-state index < -0.39 is 17.4 Å². The average Bonchev–Trinajstić information content (AvgIpc) is 2.37. The van der Waals surface area contributed by atoms with E-state index in [-0.39, 0.29) is 6.10 Å². The van der Waals surface area contributed by atoms with Gasteiger partial charge < -0.3 is 14.7 Å². The normalized spacial score (nSPS) is 11.3. The van der Waals surface area contributed by atoms with Gasteiger partial charge in [0.2, 0.25) is 5.88 Å². The zero-order valence-corrected chi connectivity index (χ0v) is 12.4. The van der Waals surface area contributed by atoms with E-state index in [0.717, 1.165) is 0 Å². The van der Waals surface area contributed by atoms with Gasteiger partial charge in [0.1, 0.15) is 5.54 Å². The molecule has 1 N–H and O–H groups in total. The summed E-state index contributed by atoms with van der Waals surface area (Å²) in [6, 6.07) is 3.16. The smallest absolute Gasteiger partial charge is 0.329 e. The summed E-state index contributed by atoms with van der Waals surface area (Å²) in [6.45, 7) is 6.70. The number of likely N-dealkylation sites (N-methyl/N-ethyl adjacent to an activating group) is 1. The van der Waals surface area contributed by atoms with E-state index in [2.05, 4.69) is 4.98 Å². The Balaban J connectivity index is 2.90. The molecule has 0 aliphatic rings. The maximum Gasteiger partial charge on any atom is 0.329 e. The minimum Gasteiger partial charge on any atom is -0.480 e. The van der Waals surface area contributed by atoms with Gasteiger partial charge in [0.15, 0.2) is 0 Å². The van der Waals surface area contributed by atoms with Crippen LogP contribution in [0.1, 0.15) is 38.1 Å². The Morgan fingerprint density at radius 1 is 1.35 bits per heavy atom. The highest BCUT2D eigenvalue weighted by Gasteiger charge is 2.35. The summed E-state index contributed by atoms with van der Waals surface area (Å²) in [5.74, 6) is -1.04. The highest BCUT2D eigenvalue weighted by Crippen LogP contribution is 2.17. The summed E-state index contributed by atoms with van der Waals surface area (Å²) in [5, 5.41) is 9.12. The molecule has 1 aromatic rings. The Bertz CT molecular complexity index is 494. The van der Waals surface area contributed by atoms with E-state index in [0.29, 0.717) is 11.4 Å². The fraction of sp³-hybridized carbons (Fsp3) is 0.500. The fourth-order valence-corrected chi connectivity index (χ4v) is 1.41. The molecule has 0 radical (unpaired) electrons. The van der Waals surface area contributed by atoms with Crippen LogP contribution in [0.2, 0.25) is 0 Å². The van der Waals surface area contributed by atoms with E-state index in [1.54, 1.807) is 12.1 Å². The highest BCUT2D eigenvalue weighted by atomic mass is 16.5. The molecular weight excluding hydrogens is 260 g/mol. The van der Waals surface area contributed by atoms with Gasteiger partial charge in [-0.1, -0.05) is 0 Å². The third kappa shape index (κ3) is 3.46. The maximum absolute atomic E-state index is 12.2. The van der Waals surface area contributed by atoms with Crippen molar-refractivity contribution in [3.05, 3.63) is 23.9 Å². The van der Waals surface area contributed by atoms with Gasteiger partial charge in [-0.15, -0.1) is 0 Å². The van der Waals surface area contributed by atoms with Crippen LogP contribution in [0.25, 0.3) is 0 Å². The molecule has 0 aliphatic heterocycles. The van der Waals surface area contributed by atoms with Gasteiger partial charge in [0.25, 0.3) is 5.91 Å². The molecule has 110 valence electrons. The molecule has 0 spiro atoms. The monoisotopic (exact) mass is 280 g/mol. The molecule has 0 bridgehead atoms. The molecule has 6 heteroatoms. The largest absolute Gasteiger partial charge is 0.480 e. The molecule has 0 unspecified atom stereocenters. The Labute approximate surface area is 118 Å². The van der Waals surface area contributed by atoms with Gasteiger partial charge in [-0.05, 0) is 33.8 Å². The number of rotatable bonds is 5. The second kappa shape index (κ2) is 5.90. The van der Waals surface area contributed by atoms with E-state index in [1.165, 1.54) is 32.0 Å². The van der Waals surface area contributed by atoms with Crippen LogP contribution in [0, 0.1) is 0 Å². The van der Waals surface area contributed by atoms with Crippen molar-refractivity contribution in [2.75, 3.05) is 7.05 Å². The van der Waals surface area contributed by atoms with E-state index in [9.17, 15) is 9.59 Å². The number of amides is 1. The summed E-state index contributed by atoms with van der Waals surface area (Å²) in [6.07, 6.45) is 1.38. The molecule has 0 fully saturated rings. The minimum absolute atomic E-state index is 0.00216. The summed E-state index contributed by atoms with van der Waals surface area (Å²) in [4.78, 5) is 28.6. The van der Waals surface area contributed by atoms with Crippen molar-refractivity contribution >= 4 is 11.9 Å². The summed E-state index contributed by atoms with van der Waals surface area (Å²) >= 11 is 0. The quantitative estimate of drug-likeness (QED) is 0.889. The Hall–Kier alpha value is -2.11. The molecule has 0 atom stereocenters. The van der Waals surface area contributed by atoms with Crippen LogP contribution >= 0.6 is 0 Å². The lowest BCUT2D eigenvalue weighted by atomic mass is 10.0. The third-order valence-corrected chi connectivity index (χ3v) is 3.01. The second-order valence-corrected chi connectivity index (χ2v) is 5.28. The predicted molar refractivity (Wildman–Crippen MR) is 73.8 cm³/mol. The number of aromatic nitrogens is 1. The van der Waals surface area contributed by atoms with Crippen LogP contribution in [-0.4, -0.2) is 45.6 Å². The molecule has 20 heavy (non-hydrogen) atoms. The number of pyridine rings is 1. The van der Waals surface area contributed by atoms with Gasteiger partial charge in [-0.3, -0.25) is 4.79 Å². The molecule has 1 aromatic heterocycles. The molecule has 0 aliphatic carbocycles. The first-order valence-corrected chi connectivity index (χ1v) is 6.30. The van der Waals surface area contributed by atoms with Gasteiger partial charge in [-0.25, -0.2) is 9.78 Å². The number of ether oxygens (including phenoxy) is 1. The number of aliphatic carboxylic acids is 1. The number of hydrogen-bond donors (Lipinski definition) is 1. The summed E-state index contributed by atoms with van der Waals surface area (Å²) < 4.78 is 5.38. The van der Waals surface area contributed by atoms with Crippen LogP contribution in [0.5, 0.6) is 5.88 Å². The molecule has 1 heterocycles. The topological polar surface area (TPSA) is 79.7 Å². The molecule has 0 aromatic carbocycles. The zero-order valence-electron chi connectivity index (χ0n) is 12.4. The Kier molecular flexibility index (Phi) is 4.70. The van der Waals surface area contributed by atoms with Crippen molar-refractivity contribution in [1.29, 1.82) is 0 Å². The molecule has 6 nitrogen and oxygen atoms in total. The van der Waals surface area contributed by atoms with Crippen molar-refractivity contribution < 1.29 is 19.4 Å². The van der Waals surface area contributed by atoms with Crippen LogP contribution in [-0.2, 0) is 4.79 Å². The lowest BCUT2D eigenvalue weighted by molar-refractivity contribution is -0.147. The fourth-order valence-electron chi connectivity index (χ4n) is 1.41. The number of nitrogens with zero attached hydrogens (tertiary/aromatic N) is 2. The Morgan fingerprint density at radius 3 is 2.35 bits per heavy atom. The molecule has 1 amide bonds. The SMILES string of the molecule is CC(C)Oc1ccc(C(=O)N(C)C(C)(C)C(=O)O)cn1. The first kappa shape index (κ1) is 15.9. The van der Waals surface area contributed by atoms with Crippen molar-refractivity contribution in [2.45, 2.75) is 39.3 Å². The van der Waals surface area contributed by atoms with Crippen molar-refractivity contribution in [3.8, 4) is 5.88 Å². The van der Waals surface area contributed by atoms with Crippen LogP contribution in [0.3, 0.4) is 0 Å². The van der Waals surface area contributed by atoms with Gasteiger partial charge in [0, 0.05) is 19.3 Å². The minimum atomic E-state index is -1.29. The molecule has 0 saturated carbocycles. The van der Waals surface area contributed by atoms with Crippen LogP contribution in [0.15, 0.2) is 18.3 Å². The molecule has 0 saturated heterocycles. The number of carboxylic acid groups (broad SMARTS) is 1. The van der Waals surface area contributed by atoms with Crippen LogP contribution < -0.4 is 4.74 Å². The van der Waals surface area contributed by atoms with Crippen LogP contribution in [0.4, 0.5) is 0 Å². The van der Waals surface area contributed by atoms with Gasteiger partial charge in [-0.2, -0.15) is 0 Å². The highest BCUT2D eigenvalue weighted by molar-refractivity contribution is 5.97. The lowest BCUT2D eigenvalue weighted by Gasteiger charge is -2.31. The molecule has 1 rings (SSSR count). The summed E-state index contributed by atoms with van der Waals surface area (Å²) in [7, 11) is 1.45. The van der Waals surface area contributed by atoms with Crippen molar-refractivity contribution in [1.82, 2.24) is 9.88 Å². The summed E-state index contributed by atoms with van der Waals surface area (Å²) in [5.41, 5.74) is -0.970. The molecular formula is C14H20N2O4. The Morgan fingerprint density at radius 2 is 1.95 bits per heavy atom. The first-order chi connectivity index (χ1) is 9.16. The first-order valence-electron chi connectivity index (χ1n) is 6.30. The van der Waals surface area contributed by atoms with Gasteiger partial charge >= 0.3 is 5.97 Å². The second-order valence-electron chi connectivity index (χ2n) is 5.28. The number of carboxylic acids is 1. The van der Waals surface area contributed by atoms with E-state index in [1.807, 2.05) is 13.8 Å².